The summed E-state index contributed by atoms with van der Waals surface area (Å²) in [4.78, 5) is 0. The number of halogens is 1. The highest BCUT2D eigenvalue weighted by Crippen LogP contribution is 2.12. The maximum absolute atomic E-state index is 11.9. The molecular weight excluding hydrogens is 377 g/mol. The Hall–Kier alpha value is -0.200. The zero-order valence-corrected chi connectivity index (χ0v) is 19.4. The van der Waals surface area contributed by atoms with Crippen molar-refractivity contribution < 1.29 is 17.0 Å². The van der Waals surface area contributed by atoms with Gasteiger partial charge >= 0.3 is 0 Å². The van der Waals surface area contributed by atoms with E-state index >= 15 is 0 Å². The molecule has 0 radical (unpaired) electrons. The second-order valence-electron chi connectivity index (χ2n) is 7.78. The van der Waals surface area contributed by atoms with E-state index in [-0.39, 0.29) is 18.6 Å². The van der Waals surface area contributed by atoms with Crippen LogP contribution in [0.15, 0.2) is 0 Å². The summed E-state index contributed by atoms with van der Waals surface area (Å²) >= 11 is 0. The lowest BCUT2D eigenvalue weighted by atomic mass is 10.1. The second-order valence-corrected chi connectivity index (χ2v) is 9.54. The molecule has 0 aromatic carbocycles. The van der Waals surface area contributed by atoms with E-state index in [9.17, 15) is 12.8 Å². The molecule has 28 heavy (non-hydrogen) atoms. The van der Waals surface area contributed by atoms with Crippen molar-refractivity contribution in [2.24, 2.45) is 0 Å². The molecule has 0 fully saturated rings. The number of hydrogen-bond acceptors (Lipinski definition) is 4. The second kappa shape index (κ2) is 23.1. The molecule has 0 aliphatic carbocycles. The normalized spacial score (nSPS) is 11.5. The van der Waals surface area contributed by atoms with Crippen molar-refractivity contribution in [2.45, 2.75) is 122 Å². The first-order valence-electron chi connectivity index (χ1n) is 11.6. The van der Waals surface area contributed by atoms with Crippen molar-refractivity contribution in [3.63, 3.8) is 0 Å². The molecule has 0 atom stereocenters. The van der Waals surface area contributed by atoms with Gasteiger partial charge in [0.1, 0.15) is 0 Å². The van der Waals surface area contributed by atoms with Crippen LogP contribution in [-0.2, 0) is 14.3 Å². The van der Waals surface area contributed by atoms with Crippen LogP contribution in [-0.4, -0.2) is 27.5 Å². The molecule has 0 spiro atoms. The minimum Gasteiger partial charge on any atom is -0.344 e. The third-order valence-corrected chi connectivity index (χ3v) is 6.35. The fraction of sp³-hybridized carbons (Fsp3) is 1.00. The molecule has 0 amide bonds. The predicted molar refractivity (Wildman–Crippen MR) is 120 cm³/mol. The van der Waals surface area contributed by atoms with Crippen molar-refractivity contribution >= 4 is 10.1 Å². The lowest BCUT2D eigenvalue weighted by Crippen LogP contribution is -2.11. The molecule has 0 saturated heterocycles. The third kappa shape index (κ3) is 23.8. The molecule has 0 rings (SSSR count). The van der Waals surface area contributed by atoms with Crippen molar-refractivity contribution in [1.82, 2.24) is 6.15 Å². The lowest BCUT2D eigenvalue weighted by Gasteiger charge is -2.06. The van der Waals surface area contributed by atoms with Gasteiger partial charge in [0.2, 0.25) is 0 Å². The number of hydrogen-bond donors (Lipinski definition) is 1. The predicted octanol–water partition coefficient (Wildman–Crippen LogP) is 7.51. The average molecular weight is 426 g/mol. The van der Waals surface area contributed by atoms with Gasteiger partial charge in [-0.25, -0.2) is 0 Å². The van der Waals surface area contributed by atoms with Crippen molar-refractivity contribution in [3.8, 4) is 0 Å². The molecule has 0 bridgehead atoms. The quantitative estimate of drug-likeness (QED) is 0.144. The zero-order chi connectivity index (χ0) is 20.1. The van der Waals surface area contributed by atoms with Gasteiger partial charge in [-0.2, -0.15) is 8.42 Å². The highest BCUT2D eigenvalue weighted by atomic mass is 32.2. The Balaban J connectivity index is 0. The van der Waals surface area contributed by atoms with Crippen LogP contribution in [0.4, 0.5) is 4.39 Å². The number of rotatable bonds is 22. The fourth-order valence-corrected chi connectivity index (χ4v) is 4.32. The molecule has 172 valence electrons. The first kappa shape index (κ1) is 30.0. The van der Waals surface area contributed by atoms with Gasteiger partial charge in [-0.1, -0.05) is 103 Å². The zero-order valence-electron chi connectivity index (χ0n) is 18.6. The van der Waals surface area contributed by atoms with Crippen LogP contribution in [0.25, 0.3) is 0 Å². The van der Waals surface area contributed by atoms with Gasteiger partial charge in [0.25, 0.3) is 10.1 Å². The molecular formula is C22H48FNO3S. The monoisotopic (exact) mass is 425 g/mol. The van der Waals surface area contributed by atoms with E-state index < -0.39 is 10.1 Å². The maximum atomic E-state index is 11.9. The van der Waals surface area contributed by atoms with Crippen molar-refractivity contribution in [2.75, 3.05) is 19.0 Å². The smallest absolute Gasteiger partial charge is 0.267 e. The minimum absolute atomic E-state index is 0. The summed E-state index contributed by atoms with van der Waals surface area (Å²) in [6, 6.07) is 0. The molecule has 0 aromatic rings. The molecule has 0 heterocycles. The van der Waals surface area contributed by atoms with E-state index in [1.54, 1.807) is 0 Å². The standard InChI is InChI=1S/C22H45FO3S.H3N/c1-2-3-4-5-6-7-8-9-10-12-15-18-21-26-27(24,25)22-19-16-13-11-14-17-20-23;/h2-22H2,1H3;1H3. The van der Waals surface area contributed by atoms with E-state index in [0.29, 0.717) is 19.4 Å². The maximum Gasteiger partial charge on any atom is 0.267 e. The van der Waals surface area contributed by atoms with E-state index in [2.05, 4.69) is 6.92 Å². The Morgan fingerprint density at radius 1 is 0.607 bits per heavy atom. The molecule has 0 aromatic heterocycles. The van der Waals surface area contributed by atoms with E-state index in [0.717, 1.165) is 38.5 Å². The van der Waals surface area contributed by atoms with E-state index in [4.69, 9.17) is 4.18 Å². The lowest BCUT2D eigenvalue weighted by molar-refractivity contribution is 0.305. The highest BCUT2D eigenvalue weighted by Gasteiger charge is 2.10. The Labute approximate surface area is 175 Å². The largest absolute Gasteiger partial charge is 0.344 e. The first-order valence-corrected chi connectivity index (χ1v) is 13.1. The first-order chi connectivity index (χ1) is 13.1. The topological polar surface area (TPSA) is 78.4 Å². The molecule has 0 aliphatic heterocycles. The van der Waals surface area contributed by atoms with E-state index in [1.807, 2.05) is 0 Å². The SMILES string of the molecule is CCCCCCCCCCCCCCOS(=O)(=O)CCCCCCCCF.N. The molecule has 0 unspecified atom stereocenters. The van der Waals surface area contributed by atoms with Crippen LogP contribution < -0.4 is 6.15 Å². The highest BCUT2D eigenvalue weighted by molar-refractivity contribution is 7.86. The van der Waals surface area contributed by atoms with Crippen molar-refractivity contribution in [1.29, 1.82) is 0 Å². The third-order valence-electron chi connectivity index (χ3n) is 5.04. The van der Waals surface area contributed by atoms with Gasteiger partial charge in [-0.15, -0.1) is 0 Å². The molecule has 6 heteroatoms. The molecule has 0 saturated carbocycles. The van der Waals surface area contributed by atoms with Gasteiger partial charge in [-0.3, -0.25) is 8.57 Å². The van der Waals surface area contributed by atoms with Gasteiger partial charge in [0, 0.05) is 0 Å². The Morgan fingerprint density at radius 3 is 1.46 bits per heavy atom. The summed E-state index contributed by atoms with van der Waals surface area (Å²) in [5.74, 6) is 0.119. The van der Waals surface area contributed by atoms with Crippen LogP contribution in [0.5, 0.6) is 0 Å². The van der Waals surface area contributed by atoms with Gasteiger partial charge < -0.3 is 6.15 Å². The average Bonchev–Trinajstić information content (AvgIpc) is 2.64. The van der Waals surface area contributed by atoms with Crippen molar-refractivity contribution in [3.05, 3.63) is 0 Å². The summed E-state index contributed by atoms with van der Waals surface area (Å²) in [5, 5.41) is 0. The van der Waals surface area contributed by atoms with Gasteiger partial charge in [-0.05, 0) is 19.3 Å². The van der Waals surface area contributed by atoms with Crippen LogP contribution in [0.1, 0.15) is 122 Å². The summed E-state index contributed by atoms with van der Waals surface area (Å²) < 4.78 is 40.6. The summed E-state index contributed by atoms with van der Waals surface area (Å²) in [5.41, 5.74) is 0. The Morgan fingerprint density at radius 2 is 1.00 bits per heavy atom. The molecule has 4 nitrogen and oxygen atoms in total. The fourth-order valence-electron chi connectivity index (χ4n) is 3.27. The Bertz CT molecular complexity index is 391. The van der Waals surface area contributed by atoms with E-state index in [1.165, 1.54) is 64.2 Å². The molecule has 3 N–H and O–H groups in total. The van der Waals surface area contributed by atoms with Gasteiger partial charge in [0.15, 0.2) is 0 Å². The van der Waals surface area contributed by atoms with Crippen LogP contribution >= 0.6 is 0 Å². The van der Waals surface area contributed by atoms with Crippen LogP contribution in [0, 0.1) is 0 Å². The summed E-state index contributed by atoms with van der Waals surface area (Å²) in [6.45, 7) is 2.33. The minimum atomic E-state index is -3.35. The van der Waals surface area contributed by atoms with Gasteiger partial charge in [0.05, 0.1) is 19.0 Å². The Kier molecular flexibility index (Phi) is 24.7. The molecule has 0 aliphatic rings. The number of alkyl halides is 1. The van der Waals surface area contributed by atoms with Crippen LogP contribution in [0.2, 0.25) is 0 Å². The summed E-state index contributed by atoms with van der Waals surface area (Å²) in [6.07, 6.45) is 20.2. The number of unbranched alkanes of at least 4 members (excludes halogenated alkanes) is 16. The van der Waals surface area contributed by atoms with Crippen LogP contribution in [0.3, 0.4) is 0 Å². The summed E-state index contributed by atoms with van der Waals surface area (Å²) in [7, 11) is -3.35.